The SMILES string of the molecule is CN1C(=O)CN([C@H]2CC[C@H](O)CC2)c2nc(-c3cnn4ccc(C#N)cc34)ncc21. The summed E-state index contributed by atoms with van der Waals surface area (Å²) >= 11 is 0. The molecule has 1 aliphatic carbocycles. The molecule has 3 aromatic rings. The first-order valence-corrected chi connectivity index (χ1v) is 10.0. The Kier molecular flexibility index (Phi) is 4.37. The lowest BCUT2D eigenvalue weighted by atomic mass is 9.91. The van der Waals surface area contributed by atoms with E-state index < -0.39 is 0 Å². The molecule has 9 heteroatoms. The first-order chi connectivity index (χ1) is 14.5. The van der Waals surface area contributed by atoms with Crippen molar-refractivity contribution >= 4 is 22.9 Å². The van der Waals surface area contributed by atoms with Gasteiger partial charge in [-0.05, 0) is 37.8 Å². The Morgan fingerprint density at radius 1 is 1.23 bits per heavy atom. The number of aliphatic hydroxyl groups is 1. The Labute approximate surface area is 173 Å². The number of nitrogens with zero attached hydrogens (tertiary/aromatic N) is 7. The molecule has 152 valence electrons. The third-order valence-electron chi connectivity index (χ3n) is 6.06. The standard InChI is InChI=1S/C21H21N7O2/c1-26-18-11-23-20(16-10-24-28-7-6-13(9-22)8-17(16)28)25-21(18)27(12-19(26)30)14-2-4-15(29)5-3-14/h6-8,10-11,14-15,29H,2-5,12H2,1H3/t14-,15-. The van der Waals surface area contributed by atoms with Gasteiger partial charge in [0, 0.05) is 19.3 Å². The number of nitriles is 1. The highest BCUT2D eigenvalue weighted by Gasteiger charge is 2.35. The van der Waals surface area contributed by atoms with Crippen LogP contribution in [0.2, 0.25) is 0 Å². The zero-order valence-electron chi connectivity index (χ0n) is 16.6. The average Bonchev–Trinajstić information content (AvgIpc) is 3.19. The normalized spacial score (nSPS) is 21.6. The molecular formula is C21H21N7O2. The smallest absolute Gasteiger partial charge is 0.246 e. The van der Waals surface area contributed by atoms with Gasteiger partial charge in [0.1, 0.15) is 5.69 Å². The molecule has 2 aliphatic rings. The third-order valence-corrected chi connectivity index (χ3v) is 6.06. The average molecular weight is 403 g/mol. The number of aliphatic hydroxyl groups excluding tert-OH is 1. The second-order valence-electron chi connectivity index (χ2n) is 7.86. The zero-order valence-corrected chi connectivity index (χ0v) is 16.6. The summed E-state index contributed by atoms with van der Waals surface area (Å²) in [6, 6.07) is 5.77. The highest BCUT2D eigenvalue weighted by atomic mass is 16.3. The highest BCUT2D eigenvalue weighted by Crippen LogP contribution is 2.37. The summed E-state index contributed by atoms with van der Waals surface area (Å²) in [5.74, 6) is 1.22. The van der Waals surface area contributed by atoms with Crippen LogP contribution in [0.4, 0.5) is 11.5 Å². The molecule has 1 amide bonds. The minimum absolute atomic E-state index is 0.000355. The van der Waals surface area contributed by atoms with E-state index in [2.05, 4.69) is 21.1 Å². The summed E-state index contributed by atoms with van der Waals surface area (Å²) in [7, 11) is 1.74. The van der Waals surface area contributed by atoms with Crippen molar-refractivity contribution in [2.24, 2.45) is 0 Å². The fourth-order valence-electron chi connectivity index (χ4n) is 4.30. The number of anilines is 2. The van der Waals surface area contributed by atoms with E-state index in [4.69, 9.17) is 4.98 Å². The van der Waals surface area contributed by atoms with Crippen LogP contribution >= 0.6 is 0 Å². The maximum Gasteiger partial charge on any atom is 0.246 e. The lowest BCUT2D eigenvalue weighted by molar-refractivity contribution is -0.117. The summed E-state index contributed by atoms with van der Waals surface area (Å²) < 4.78 is 1.69. The first kappa shape index (κ1) is 18.5. The number of pyridine rings is 1. The van der Waals surface area contributed by atoms with Crippen LogP contribution in [-0.2, 0) is 4.79 Å². The summed E-state index contributed by atoms with van der Waals surface area (Å²) in [5.41, 5.74) is 2.69. The molecule has 0 atom stereocenters. The van der Waals surface area contributed by atoms with Gasteiger partial charge in [0.25, 0.3) is 0 Å². The predicted octanol–water partition coefficient (Wildman–Crippen LogP) is 1.75. The summed E-state index contributed by atoms with van der Waals surface area (Å²) in [6.45, 7) is 0.258. The lowest BCUT2D eigenvalue weighted by Crippen LogP contribution is -2.50. The Morgan fingerprint density at radius 2 is 2.03 bits per heavy atom. The number of fused-ring (bicyclic) bond motifs is 2. The van der Waals surface area contributed by atoms with Crippen LogP contribution in [0.3, 0.4) is 0 Å². The van der Waals surface area contributed by atoms with E-state index in [9.17, 15) is 15.2 Å². The first-order valence-electron chi connectivity index (χ1n) is 10.0. The van der Waals surface area contributed by atoms with Crippen molar-refractivity contribution in [2.75, 3.05) is 23.4 Å². The molecule has 1 N–H and O–H groups in total. The van der Waals surface area contributed by atoms with Gasteiger partial charge in [0.2, 0.25) is 5.91 Å². The monoisotopic (exact) mass is 403 g/mol. The lowest BCUT2D eigenvalue weighted by Gasteiger charge is -2.41. The Hall–Kier alpha value is -3.51. The van der Waals surface area contributed by atoms with E-state index in [1.807, 2.05) is 0 Å². The quantitative estimate of drug-likeness (QED) is 0.694. The van der Waals surface area contributed by atoms with E-state index in [0.29, 0.717) is 17.1 Å². The molecule has 0 aromatic carbocycles. The van der Waals surface area contributed by atoms with Crippen LogP contribution in [-0.4, -0.2) is 56.3 Å². The highest BCUT2D eigenvalue weighted by molar-refractivity contribution is 6.02. The number of hydrogen-bond donors (Lipinski definition) is 1. The number of carbonyl (C=O) groups is 1. The molecule has 0 bridgehead atoms. The molecule has 1 fully saturated rings. The van der Waals surface area contributed by atoms with Crippen molar-refractivity contribution in [1.29, 1.82) is 5.26 Å². The van der Waals surface area contributed by atoms with Gasteiger partial charge < -0.3 is 14.9 Å². The predicted molar refractivity (Wildman–Crippen MR) is 110 cm³/mol. The van der Waals surface area contributed by atoms with E-state index in [1.165, 1.54) is 0 Å². The topological polar surface area (TPSA) is 111 Å². The molecule has 5 rings (SSSR count). The van der Waals surface area contributed by atoms with Gasteiger partial charge >= 0.3 is 0 Å². The van der Waals surface area contributed by atoms with Crippen molar-refractivity contribution in [1.82, 2.24) is 19.6 Å². The van der Waals surface area contributed by atoms with Crippen molar-refractivity contribution in [2.45, 2.75) is 37.8 Å². The number of likely N-dealkylation sites (N-methyl/N-ethyl adjacent to an activating group) is 1. The maximum atomic E-state index is 12.6. The molecule has 4 heterocycles. The second kappa shape index (κ2) is 7.07. The Bertz CT molecular complexity index is 1170. The molecule has 0 saturated heterocycles. The maximum absolute atomic E-state index is 12.6. The van der Waals surface area contributed by atoms with Gasteiger partial charge in [-0.1, -0.05) is 0 Å². The number of amides is 1. The van der Waals surface area contributed by atoms with Gasteiger partial charge in [-0.15, -0.1) is 0 Å². The van der Waals surface area contributed by atoms with Gasteiger partial charge in [-0.25, -0.2) is 14.5 Å². The molecule has 30 heavy (non-hydrogen) atoms. The van der Waals surface area contributed by atoms with Crippen LogP contribution in [0, 0.1) is 11.3 Å². The van der Waals surface area contributed by atoms with Crippen molar-refractivity contribution in [3.8, 4) is 17.5 Å². The van der Waals surface area contributed by atoms with Crippen molar-refractivity contribution in [3.05, 3.63) is 36.3 Å². The van der Waals surface area contributed by atoms with Crippen molar-refractivity contribution < 1.29 is 9.90 Å². The van der Waals surface area contributed by atoms with E-state index >= 15 is 0 Å². The van der Waals surface area contributed by atoms with Crippen LogP contribution in [0.25, 0.3) is 16.9 Å². The minimum atomic E-state index is -0.266. The fourth-order valence-corrected chi connectivity index (χ4v) is 4.30. The van der Waals surface area contributed by atoms with Crippen LogP contribution in [0.15, 0.2) is 30.7 Å². The van der Waals surface area contributed by atoms with Gasteiger partial charge in [-0.3, -0.25) is 4.79 Å². The molecule has 0 unspecified atom stereocenters. The second-order valence-corrected chi connectivity index (χ2v) is 7.86. The van der Waals surface area contributed by atoms with Crippen molar-refractivity contribution in [3.63, 3.8) is 0 Å². The molecule has 1 aliphatic heterocycles. The van der Waals surface area contributed by atoms with Crippen LogP contribution < -0.4 is 9.80 Å². The number of aromatic nitrogens is 4. The molecular weight excluding hydrogens is 382 g/mol. The molecule has 9 nitrogen and oxygen atoms in total. The Morgan fingerprint density at radius 3 is 2.80 bits per heavy atom. The largest absolute Gasteiger partial charge is 0.393 e. The van der Waals surface area contributed by atoms with Gasteiger partial charge in [-0.2, -0.15) is 10.4 Å². The number of hydrogen-bond acceptors (Lipinski definition) is 7. The molecule has 0 radical (unpaired) electrons. The summed E-state index contributed by atoms with van der Waals surface area (Å²) in [6.07, 6.45) is 7.93. The third kappa shape index (κ3) is 2.97. The Balaban J connectivity index is 1.60. The number of rotatable bonds is 2. The molecule has 1 saturated carbocycles. The van der Waals surface area contributed by atoms with Gasteiger partial charge in [0.15, 0.2) is 11.6 Å². The zero-order chi connectivity index (χ0) is 20.8. The minimum Gasteiger partial charge on any atom is -0.393 e. The van der Waals surface area contributed by atoms with E-state index in [0.717, 1.165) is 42.6 Å². The van der Waals surface area contributed by atoms with E-state index in [-0.39, 0.29) is 24.6 Å². The molecule has 3 aromatic heterocycles. The van der Waals surface area contributed by atoms with Crippen LogP contribution in [0.1, 0.15) is 31.2 Å². The number of carbonyl (C=O) groups excluding carboxylic acids is 1. The summed E-state index contributed by atoms with van der Waals surface area (Å²) in [4.78, 5) is 25.6. The van der Waals surface area contributed by atoms with Crippen LogP contribution in [0.5, 0.6) is 0 Å². The molecule has 0 spiro atoms. The fraction of sp³-hybridized carbons (Fsp3) is 0.381. The van der Waals surface area contributed by atoms with Gasteiger partial charge in [0.05, 0.1) is 47.8 Å². The summed E-state index contributed by atoms with van der Waals surface area (Å²) in [5, 5.41) is 23.5. The van der Waals surface area contributed by atoms with E-state index in [1.54, 1.807) is 47.2 Å².